The number of aliphatic hydroxyl groups excluding tert-OH is 1. The lowest BCUT2D eigenvalue weighted by atomic mass is 9.92. The number of pyridine rings is 2. The van der Waals surface area contributed by atoms with E-state index < -0.39 is 6.10 Å². The van der Waals surface area contributed by atoms with Crippen molar-refractivity contribution >= 4 is 39.0 Å². The quantitative estimate of drug-likeness (QED) is 0.588. The topological polar surface area (TPSA) is 117 Å². The smallest absolute Gasteiger partial charge is 0.274 e. The number of rotatable bonds is 4. The maximum atomic E-state index is 12.9. The molecular weight excluding hydrogens is 400 g/mol. The summed E-state index contributed by atoms with van der Waals surface area (Å²) in [6, 6.07) is 5.15. The van der Waals surface area contributed by atoms with E-state index in [0.717, 1.165) is 15.4 Å². The number of amides is 1. The summed E-state index contributed by atoms with van der Waals surface area (Å²) in [4.78, 5) is 28.3. The standard InChI is InChI=1S/C21H24N6O2S/c1-11-9-27(10-13(22)18(11)28)16-6-7-23-8-15(16)25-20(29)14-4-5-17-19(24-14)26-21(30-17)12-2-3-12/h4-8,11-13,18,28H,2-3,9-10,22H2,1H3,(H,25,29). The predicted octanol–water partition coefficient (Wildman–Crippen LogP) is 2.36. The number of anilines is 2. The average molecular weight is 425 g/mol. The van der Waals surface area contributed by atoms with Crippen LogP contribution in [0.1, 0.15) is 41.2 Å². The molecule has 4 heterocycles. The van der Waals surface area contributed by atoms with Crippen molar-refractivity contribution in [3.8, 4) is 0 Å². The van der Waals surface area contributed by atoms with Crippen molar-refractivity contribution in [1.29, 1.82) is 0 Å². The van der Waals surface area contributed by atoms with Crippen LogP contribution in [0.5, 0.6) is 0 Å². The van der Waals surface area contributed by atoms with E-state index >= 15 is 0 Å². The van der Waals surface area contributed by atoms with Crippen LogP contribution in [0.2, 0.25) is 0 Å². The van der Waals surface area contributed by atoms with Crippen molar-refractivity contribution in [1.82, 2.24) is 15.0 Å². The number of hydrogen-bond donors (Lipinski definition) is 3. The number of carbonyl (C=O) groups is 1. The molecule has 156 valence electrons. The molecule has 30 heavy (non-hydrogen) atoms. The van der Waals surface area contributed by atoms with E-state index in [4.69, 9.17) is 5.73 Å². The summed E-state index contributed by atoms with van der Waals surface area (Å²) < 4.78 is 1.00. The van der Waals surface area contributed by atoms with Gasteiger partial charge in [0.15, 0.2) is 5.65 Å². The molecule has 3 atom stereocenters. The number of nitrogens with zero attached hydrogens (tertiary/aromatic N) is 4. The second-order valence-corrected chi connectivity index (χ2v) is 9.29. The van der Waals surface area contributed by atoms with Crippen LogP contribution in [0.15, 0.2) is 30.6 Å². The maximum absolute atomic E-state index is 12.9. The summed E-state index contributed by atoms with van der Waals surface area (Å²) in [5.74, 6) is 0.289. The van der Waals surface area contributed by atoms with Crippen LogP contribution in [-0.2, 0) is 0 Å². The first-order valence-corrected chi connectivity index (χ1v) is 11.0. The fourth-order valence-corrected chi connectivity index (χ4v) is 5.00. The number of hydrogen-bond acceptors (Lipinski definition) is 8. The highest BCUT2D eigenvalue weighted by Gasteiger charge is 2.32. The molecule has 3 aromatic rings. The molecule has 1 aliphatic carbocycles. The maximum Gasteiger partial charge on any atom is 0.274 e. The average Bonchev–Trinajstić information content (AvgIpc) is 3.50. The summed E-state index contributed by atoms with van der Waals surface area (Å²) in [6.07, 6.45) is 5.15. The molecule has 8 nitrogen and oxygen atoms in total. The van der Waals surface area contributed by atoms with Crippen LogP contribution in [0.4, 0.5) is 11.4 Å². The zero-order valence-electron chi connectivity index (χ0n) is 16.7. The van der Waals surface area contributed by atoms with E-state index in [1.54, 1.807) is 29.8 Å². The van der Waals surface area contributed by atoms with Crippen LogP contribution in [0.3, 0.4) is 0 Å². The Balaban J connectivity index is 1.38. The Morgan fingerprint density at radius 1 is 1.27 bits per heavy atom. The Morgan fingerprint density at radius 3 is 2.87 bits per heavy atom. The number of fused-ring (bicyclic) bond motifs is 1. The van der Waals surface area contributed by atoms with Gasteiger partial charge in [-0.2, -0.15) is 0 Å². The molecule has 0 spiro atoms. The molecule has 2 fully saturated rings. The fourth-order valence-electron chi connectivity index (χ4n) is 3.92. The molecular formula is C21H24N6O2S. The fraction of sp³-hybridized carbons (Fsp3) is 0.429. The Labute approximate surface area is 178 Å². The Kier molecular flexibility index (Phi) is 4.88. The second kappa shape index (κ2) is 7.57. The third kappa shape index (κ3) is 3.64. The number of thiazole rings is 1. The Bertz CT molecular complexity index is 1090. The number of nitrogens with two attached hydrogens (primary N) is 1. The first-order chi connectivity index (χ1) is 14.5. The largest absolute Gasteiger partial charge is 0.391 e. The van der Waals surface area contributed by atoms with E-state index in [1.165, 1.54) is 12.8 Å². The SMILES string of the molecule is CC1CN(c2ccncc2NC(=O)c2ccc3sc(C4CC4)nc3n2)CC(N)C1O. The zero-order chi connectivity index (χ0) is 20.8. The van der Waals surface area contributed by atoms with Crippen molar-refractivity contribution < 1.29 is 9.90 Å². The van der Waals surface area contributed by atoms with Gasteiger partial charge in [0.2, 0.25) is 0 Å². The molecule has 1 aliphatic heterocycles. The van der Waals surface area contributed by atoms with E-state index in [0.29, 0.717) is 36.0 Å². The third-order valence-electron chi connectivity index (χ3n) is 5.78. The van der Waals surface area contributed by atoms with Crippen LogP contribution >= 0.6 is 11.3 Å². The molecule has 3 aromatic heterocycles. The van der Waals surface area contributed by atoms with Gasteiger partial charge in [0.25, 0.3) is 5.91 Å². The summed E-state index contributed by atoms with van der Waals surface area (Å²) in [5.41, 5.74) is 8.49. The third-order valence-corrected chi connectivity index (χ3v) is 6.95. The highest BCUT2D eigenvalue weighted by Crippen LogP contribution is 2.43. The van der Waals surface area contributed by atoms with Gasteiger partial charge in [0.1, 0.15) is 5.69 Å². The van der Waals surface area contributed by atoms with Crippen molar-refractivity contribution in [2.45, 2.75) is 37.8 Å². The summed E-state index contributed by atoms with van der Waals surface area (Å²) in [7, 11) is 0. The van der Waals surface area contributed by atoms with Crippen LogP contribution in [0, 0.1) is 5.92 Å². The first-order valence-electron chi connectivity index (χ1n) is 10.2. The van der Waals surface area contributed by atoms with Crippen molar-refractivity contribution in [2.75, 3.05) is 23.3 Å². The van der Waals surface area contributed by atoms with Gasteiger partial charge in [-0.15, -0.1) is 11.3 Å². The van der Waals surface area contributed by atoms with Gasteiger partial charge in [-0.05, 0) is 31.0 Å². The molecule has 1 saturated heterocycles. The molecule has 4 N–H and O–H groups in total. The summed E-state index contributed by atoms with van der Waals surface area (Å²) in [5, 5.41) is 14.2. The monoisotopic (exact) mass is 424 g/mol. The van der Waals surface area contributed by atoms with E-state index in [1.807, 2.05) is 19.1 Å². The van der Waals surface area contributed by atoms with Crippen LogP contribution in [0.25, 0.3) is 10.3 Å². The Hall–Kier alpha value is -2.62. The van der Waals surface area contributed by atoms with E-state index in [9.17, 15) is 9.90 Å². The number of nitrogens with one attached hydrogen (secondary N) is 1. The summed E-state index contributed by atoms with van der Waals surface area (Å²) in [6.45, 7) is 3.12. The lowest BCUT2D eigenvalue weighted by Gasteiger charge is -2.40. The number of aliphatic hydroxyl groups is 1. The van der Waals surface area contributed by atoms with E-state index in [-0.39, 0.29) is 17.9 Å². The van der Waals surface area contributed by atoms with Crippen LogP contribution in [-0.4, -0.2) is 51.2 Å². The molecule has 0 aromatic carbocycles. The first kappa shape index (κ1) is 19.3. The minimum atomic E-state index is -0.532. The van der Waals surface area contributed by atoms with E-state index in [2.05, 4.69) is 25.2 Å². The van der Waals surface area contributed by atoms with Gasteiger partial charge >= 0.3 is 0 Å². The molecule has 2 aliphatic rings. The Morgan fingerprint density at radius 2 is 2.10 bits per heavy atom. The lowest BCUT2D eigenvalue weighted by molar-refractivity contribution is 0.0785. The van der Waals surface area contributed by atoms with Crippen LogP contribution < -0.4 is 16.0 Å². The summed E-state index contributed by atoms with van der Waals surface area (Å²) >= 11 is 1.66. The predicted molar refractivity (Wildman–Crippen MR) is 117 cm³/mol. The van der Waals surface area contributed by atoms with Gasteiger partial charge in [-0.3, -0.25) is 9.78 Å². The molecule has 9 heteroatoms. The molecule has 1 saturated carbocycles. The lowest BCUT2D eigenvalue weighted by Crippen LogP contribution is -2.55. The van der Waals surface area contributed by atoms with Gasteiger partial charge in [0, 0.05) is 37.2 Å². The van der Waals surface area contributed by atoms with Crippen molar-refractivity contribution in [3.63, 3.8) is 0 Å². The zero-order valence-corrected chi connectivity index (χ0v) is 17.5. The normalized spacial score (nSPS) is 24.2. The molecule has 3 unspecified atom stereocenters. The highest BCUT2D eigenvalue weighted by atomic mass is 32.1. The van der Waals surface area contributed by atoms with Crippen molar-refractivity contribution in [2.24, 2.45) is 11.7 Å². The highest BCUT2D eigenvalue weighted by molar-refractivity contribution is 7.18. The number of carbonyl (C=O) groups excluding carboxylic acids is 1. The number of piperidine rings is 1. The minimum Gasteiger partial charge on any atom is -0.391 e. The second-order valence-electron chi connectivity index (χ2n) is 8.23. The minimum absolute atomic E-state index is 0.0277. The number of aromatic nitrogens is 3. The molecule has 5 rings (SSSR count). The molecule has 1 amide bonds. The van der Waals surface area contributed by atoms with Gasteiger partial charge in [-0.25, -0.2) is 9.97 Å². The van der Waals surface area contributed by atoms with Gasteiger partial charge in [0.05, 0.1) is 33.4 Å². The molecule has 0 bridgehead atoms. The van der Waals surface area contributed by atoms with Crippen molar-refractivity contribution in [3.05, 3.63) is 41.3 Å². The molecule has 0 radical (unpaired) electrons. The van der Waals surface area contributed by atoms with Gasteiger partial charge in [-0.1, -0.05) is 6.92 Å². The van der Waals surface area contributed by atoms with Gasteiger partial charge < -0.3 is 21.1 Å².